The second-order valence-corrected chi connectivity index (χ2v) is 7.86. The third kappa shape index (κ3) is 5.83. The van der Waals surface area contributed by atoms with Crippen molar-refractivity contribution in [2.24, 2.45) is 0 Å². The Morgan fingerprint density at radius 1 is 0.917 bits per heavy atom. The smallest absolute Gasteiger partial charge is 0.251 e. The topological polar surface area (TPSA) is 109 Å². The van der Waals surface area contributed by atoms with Gasteiger partial charge in [-0.05, 0) is 48.9 Å². The molecule has 0 unspecified atom stereocenters. The molecule has 10 heteroatoms. The fourth-order valence-corrected chi connectivity index (χ4v) is 3.46. The standard InChI is InChI=1S/C26H29N5O5/c1-4-5-15-35-19-8-6-18(7-9-19)26(32)27-14-16-36-24-13-12-23-28-29-25(31(23)30-24)21-11-10-20(33-2)17-22(21)34-3/h6-13,17H,4-5,14-16H2,1-3H3,(H,27,32). The Morgan fingerprint density at radius 3 is 2.47 bits per heavy atom. The minimum absolute atomic E-state index is 0.185. The number of hydrogen-bond acceptors (Lipinski definition) is 8. The van der Waals surface area contributed by atoms with Crippen LogP contribution in [0.4, 0.5) is 0 Å². The zero-order chi connectivity index (χ0) is 25.3. The number of fused-ring (bicyclic) bond motifs is 1. The van der Waals surface area contributed by atoms with Crippen LogP contribution in [0.15, 0.2) is 54.6 Å². The summed E-state index contributed by atoms with van der Waals surface area (Å²) in [6.45, 7) is 3.34. The molecular formula is C26H29N5O5. The first-order valence-electron chi connectivity index (χ1n) is 11.7. The van der Waals surface area contributed by atoms with Crippen LogP contribution in [0, 0.1) is 0 Å². The van der Waals surface area contributed by atoms with E-state index in [0.717, 1.165) is 18.6 Å². The van der Waals surface area contributed by atoms with E-state index in [1.54, 1.807) is 61.2 Å². The minimum Gasteiger partial charge on any atom is -0.497 e. The molecular weight excluding hydrogens is 462 g/mol. The number of carbonyl (C=O) groups excluding carboxylic acids is 1. The number of nitrogens with zero attached hydrogens (tertiary/aromatic N) is 4. The maximum absolute atomic E-state index is 12.4. The fraction of sp³-hybridized carbons (Fsp3) is 0.308. The van der Waals surface area contributed by atoms with Gasteiger partial charge in [-0.15, -0.1) is 15.3 Å². The lowest BCUT2D eigenvalue weighted by molar-refractivity contribution is 0.0946. The Labute approximate surface area is 209 Å². The summed E-state index contributed by atoms with van der Waals surface area (Å²) in [7, 11) is 3.17. The van der Waals surface area contributed by atoms with Crippen LogP contribution in [0.5, 0.6) is 23.1 Å². The van der Waals surface area contributed by atoms with Crippen molar-refractivity contribution in [2.45, 2.75) is 19.8 Å². The highest BCUT2D eigenvalue weighted by molar-refractivity contribution is 5.94. The number of ether oxygens (including phenoxy) is 4. The number of nitrogens with one attached hydrogen (secondary N) is 1. The normalized spacial score (nSPS) is 10.8. The van der Waals surface area contributed by atoms with Gasteiger partial charge in [0, 0.05) is 17.7 Å². The van der Waals surface area contributed by atoms with E-state index >= 15 is 0 Å². The van der Waals surface area contributed by atoms with Gasteiger partial charge in [-0.25, -0.2) is 0 Å². The van der Waals surface area contributed by atoms with Gasteiger partial charge in [-0.2, -0.15) is 4.52 Å². The van der Waals surface area contributed by atoms with Gasteiger partial charge in [0.05, 0.1) is 32.9 Å². The quantitative estimate of drug-likeness (QED) is 0.298. The van der Waals surface area contributed by atoms with E-state index in [4.69, 9.17) is 18.9 Å². The number of rotatable bonds is 12. The van der Waals surface area contributed by atoms with Gasteiger partial charge in [0.15, 0.2) is 11.5 Å². The maximum atomic E-state index is 12.4. The summed E-state index contributed by atoms with van der Waals surface area (Å²) in [5, 5.41) is 15.8. The van der Waals surface area contributed by atoms with Gasteiger partial charge >= 0.3 is 0 Å². The van der Waals surface area contributed by atoms with E-state index in [-0.39, 0.29) is 12.5 Å². The molecule has 2 heterocycles. The van der Waals surface area contributed by atoms with Crippen LogP contribution in [0.25, 0.3) is 17.0 Å². The molecule has 188 valence electrons. The molecule has 0 aliphatic heterocycles. The molecule has 1 amide bonds. The molecule has 0 atom stereocenters. The zero-order valence-corrected chi connectivity index (χ0v) is 20.6. The Kier molecular flexibility index (Phi) is 8.17. The molecule has 0 saturated carbocycles. The van der Waals surface area contributed by atoms with E-state index < -0.39 is 0 Å². The van der Waals surface area contributed by atoms with Crippen LogP contribution in [-0.2, 0) is 0 Å². The summed E-state index contributed by atoms with van der Waals surface area (Å²) in [4.78, 5) is 12.4. The van der Waals surface area contributed by atoms with Crippen LogP contribution in [0.1, 0.15) is 30.1 Å². The highest BCUT2D eigenvalue weighted by atomic mass is 16.5. The van der Waals surface area contributed by atoms with Crippen LogP contribution in [0.2, 0.25) is 0 Å². The predicted molar refractivity (Wildman–Crippen MR) is 134 cm³/mol. The van der Waals surface area contributed by atoms with E-state index in [2.05, 4.69) is 27.5 Å². The number of methoxy groups -OCH3 is 2. The summed E-state index contributed by atoms with van der Waals surface area (Å²) in [5.41, 5.74) is 1.83. The average Bonchev–Trinajstić information content (AvgIpc) is 3.34. The summed E-state index contributed by atoms with van der Waals surface area (Å²) in [6.07, 6.45) is 2.07. The Morgan fingerprint density at radius 2 is 1.72 bits per heavy atom. The number of unbranched alkanes of at least 4 members (excludes halogenated alkanes) is 1. The van der Waals surface area contributed by atoms with Crippen molar-refractivity contribution in [1.82, 2.24) is 25.1 Å². The van der Waals surface area contributed by atoms with Crippen molar-refractivity contribution in [1.29, 1.82) is 0 Å². The van der Waals surface area contributed by atoms with Gasteiger partial charge in [0.2, 0.25) is 5.88 Å². The highest BCUT2D eigenvalue weighted by Crippen LogP contribution is 2.32. The van der Waals surface area contributed by atoms with E-state index in [1.165, 1.54) is 0 Å². The lowest BCUT2D eigenvalue weighted by Crippen LogP contribution is -2.28. The third-order valence-corrected chi connectivity index (χ3v) is 5.41. The minimum atomic E-state index is -0.185. The molecule has 0 spiro atoms. The summed E-state index contributed by atoms with van der Waals surface area (Å²) >= 11 is 0. The summed E-state index contributed by atoms with van der Waals surface area (Å²) < 4.78 is 23.7. The second kappa shape index (κ2) is 11.9. The van der Waals surface area contributed by atoms with Crippen LogP contribution in [0.3, 0.4) is 0 Å². The zero-order valence-electron chi connectivity index (χ0n) is 20.6. The molecule has 0 radical (unpaired) electrons. The van der Waals surface area contributed by atoms with Gasteiger partial charge in [0.1, 0.15) is 23.9 Å². The first-order valence-corrected chi connectivity index (χ1v) is 11.7. The first-order chi connectivity index (χ1) is 17.6. The fourth-order valence-electron chi connectivity index (χ4n) is 3.46. The van der Waals surface area contributed by atoms with Crippen LogP contribution in [-0.4, -0.2) is 59.7 Å². The average molecular weight is 492 g/mol. The molecule has 0 aliphatic carbocycles. The number of benzene rings is 2. The van der Waals surface area contributed by atoms with Crippen molar-refractivity contribution in [2.75, 3.05) is 34.0 Å². The van der Waals surface area contributed by atoms with Gasteiger partial charge < -0.3 is 24.3 Å². The molecule has 0 bridgehead atoms. The number of carbonyl (C=O) groups is 1. The largest absolute Gasteiger partial charge is 0.497 e. The maximum Gasteiger partial charge on any atom is 0.251 e. The Hall–Kier alpha value is -4.34. The molecule has 0 aliphatic rings. The molecule has 10 nitrogen and oxygen atoms in total. The highest BCUT2D eigenvalue weighted by Gasteiger charge is 2.16. The van der Waals surface area contributed by atoms with Gasteiger partial charge in [-0.1, -0.05) is 13.3 Å². The second-order valence-electron chi connectivity index (χ2n) is 7.86. The molecule has 4 rings (SSSR count). The summed E-state index contributed by atoms with van der Waals surface area (Å²) in [6, 6.07) is 16.0. The predicted octanol–water partition coefficient (Wildman–Crippen LogP) is 3.80. The van der Waals surface area contributed by atoms with Crippen molar-refractivity contribution in [3.8, 4) is 34.5 Å². The molecule has 1 N–H and O–H groups in total. The molecule has 0 fully saturated rings. The molecule has 2 aromatic heterocycles. The third-order valence-electron chi connectivity index (χ3n) is 5.41. The molecule has 4 aromatic rings. The molecule has 36 heavy (non-hydrogen) atoms. The van der Waals surface area contributed by atoms with Crippen molar-refractivity contribution in [3.63, 3.8) is 0 Å². The molecule has 0 saturated heterocycles. The SMILES string of the molecule is CCCCOc1ccc(C(=O)NCCOc2ccc3nnc(-c4ccc(OC)cc4OC)n3n2)cc1. The van der Waals surface area contributed by atoms with E-state index in [0.29, 0.717) is 53.1 Å². The Bertz CT molecular complexity index is 1310. The Balaban J connectivity index is 1.35. The lowest BCUT2D eigenvalue weighted by Gasteiger charge is -2.10. The molecule has 2 aromatic carbocycles. The number of aromatic nitrogens is 4. The van der Waals surface area contributed by atoms with Crippen LogP contribution < -0.4 is 24.3 Å². The summed E-state index contributed by atoms with van der Waals surface area (Å²) in [5.74, 6) is 2.70. The van der Waals surface area contributed by atoms with E-state index in [9.17, 15) is 4.79 Å². The number of amides is 1. The van der Waals surface area contributed by atoms with Crippen molar-refractivity contribution >= 4 is 11.6 Å². The van der Waals surface area contributed by atoms with E-state index in [1.807, 2.05) is 12.1 Å². The lowest BCUT2D eigenvalue weighted by atomic mass is 10.2. The van der Waals surface area contributed by atoms with Crippen molar-refractivity contribution in [3.05, 3.63) is 60.2 Å². The first kappa shape index (κ1) is 24.8. The van der Waals surface area contributed by atoms with Crippen molar-refractivity contribution < 1.29 is 23.7 Å². The van der Waals surface area contributed by atoms with Gasteiger partial charge in [-0.3, -0.25) is 4.79 Å². The van der Waals surface area contributed by atoms with Gasteiger partial charge in [0.25, 0.3) is 5.91 Å². The monoisotopic (exact) mass is 491 g/mol. The number of hydrogen-bond donors (Lipinski definition) is 1. The van der Waals surface area contributed by atoms with Crippen LogP contribution >= 0.6 is 0 Å².